The molecule has 9 aromatic carbocycles. The Hall–Kier alpha value is -6.74. The van der Waals surface area contributed by atoms with Crippen molar-refractivity contribution in [2.75, 3.05) is 4.90 Å². The van der Waals surface area contributed by atoms with Gasteiger partial charge in [0.2, 0.25) is 0 Å². The molecule has 0 N–H and O–H groups in total. The summed E-state index contributed by atoms with van der Waals surface area (Å²) in [7, 11) is 0. The van der Waals surface area contributed by atoms with Crippen LogP contribution < -0.4 is 4.90 Å². The van der Waals surface area contributed by atoms with E-state index in [1.807, 2.05) is 11.3 Å². The maximum absolute atomic E-state index is 2.50. The first-order chi connectivity index (χ1) is 26.8. The highest BCUT2D eigenvalue weighted by Crippen LogP contribution is 2.50. The van der Waals surface area contributed by atoms with Crippen LogP contribution in [-0.4, -0.2) is 0 Å². The predicted octanol–water partition coefficient (Wildman–Crippen LogP) is 15.3. The minimum atomic E-state index is 1.11. The molecule has 54 heavy (non-hydrogen) atoms. The molecular formula is C52H35NS. The molecule has 0 spiro atoms. The number of hydrogen-bond donors (Lipinski definition) is 0. The molecule has 1 aromatic heterocycles. The average Bonchev–Trinajstić information content (AvgIpc) is 3.63. The maximum Gasteiger partial charge on any atom is 0.0618 e. The molecule has 0 atom stereocenters. The van der Waals surface area contributed by atoms with Gasteiger partial charge in [0.1, 0.15) is 0 Å². The lowest BCUT2D eigenvalue weighted by molar-refractivity contribution is 1.29. The highest BCUT2D eigenvalue weighted by atomic mass is 32.1. The number of rotatable bonds is 7. The normalized spacial score (nSPS) is 11.3. The van der Waals surface area contributed by atoms with Gasteiger partial charge in [-0.2, -0.15) is 0 Å². The van der Waals surface area contributed by atoms with Crippen molar-refractivity contribution < 1.29 is 0 Å². The first-order valence-electron chi connectivity index (χ1n) is 18.4. The van der Waals surface area contributed by atoms with Gasteiger partial charge in [0.25, 0.3) is 0 Å². The topological polar surface area (TPSA) is 3.24 Å². The van der Waals surface area contributed by atoms with E-state index in [1.54, 1.807) is 0 Å². The van der Waals surface area contributed by atoms with Gasteiger partial charge in [0, 0.05) is 42.7 Å². The number of hydrogen-bond acceptors (Lipinski definition) is 2. The largest absolute Gasteiger partial charge is 0.309 e. The van der Waals surface area contributed by atoms with Gasteiger partial charge in [0.15, 0.2) is 0 Å². The van der Waals surface area contributed by atoms with Gasteiger partial charge >= 0.3 is 0 Å². The van der Waals surface area contributed by atoms with Gasteiger partial charge in [-0.25, -0.2) is 0 Å². The number of nitrogens with zero attached hydrogens (tertiary/aromatic N) is 1. The second-order valence-electron chi connectivity index (χ2n) is 13.7. The molecule has 0 fully saturated rings. The summed E-state index contributed by atoms with van der Waals surface area (Å²) in [6, 6.07) is 77.4. The van der Waals surface area contributed by atoms with E-state index < -0.39 is 0 Å². The van der Waals surface area contributed by atoms with Crippen LogP contribution in [-0.2, 0) is 0 Å². The molecule has 0 saturated heterocycles. The lowest BCUT2D eigenvalue weighted by Gasteiger charge is -2.31. The third kappa shape index (κ3) is 5.84. The van der Waals surface area contributed by atoms with Crippen LogP contribution in [0.4, 0.5) is 17.1 Å². The van der Waals surface area contributed by atoms with E-state index in [0.717, 1.165) is 17.1 Å². The molecule has 1 nitrogen and oxygen atoms in total. The third-order valence-electron chi connectivity index (χ3n) is 10.4. The van der Waals surface area contributed by atoms with E-state index in [1.165, 1.54) is 75.5 Å². The highest BCUT2D eigenvalue weighted by Gasteiger charge is 2.24. The summed E-state index contributed by atoms with van der Waals surface area (Å²) < 4.78 is 2.58. The Morgan fingerprint density at radius 2 is 0.796 bits per heavy atom. The molecule has 0 aliphatic heterocycles. The molecule has 10 rings (SSSR count). The summed E-state index contributed by atoms with van der Waals surface area (Å²) in [5.41, 5.74) is 12.8. The zero-order valence-corrected chi connectivity index (χ0v) is 30.4. The van der Waals surface area contributed by atoms with Gasteiger partial charge < -0.3 is 4.90 Å². The molecule has 0 radical (unpaired) electrons. The lowest BCUT2D eigenvalue weighted by Crippen LogP contribution is -2.13. The summed E-state index contributed by atoms with van der Waals surface area (Å²) in [6.07, 6.45) is 0. The Kier molecular flexibility index (Phi) is 8.09. The highest BCUT2D eigenvalue weighted by molar-refractivity contribution is 7.25. The van der Waals surface area contributed by atoms with Crippen LogP contribution in [0.3, 0.4) is 0 Å². The van der Waals surface area contributed by atoms with Crippen LogP contribution in [0.5, 0.6) is 0 Å². The van der Waals surface area contributed by atoms with Crippen molar-refractivity contribution >= 4 is 59.3 Å². The second kappa shape index (κ2) is 13.7. The van der Waals surface area contributed by atoms with E-state index in [0.29, 0.717) is 0 Å². The average molecular weight is 706 g/mol. The first-order valence-corrected chi connectivity index (χ1v) is 19.2. The standard InChI is InChI=1S/C52H35NS/c1-5-15-36(16-6-1)41-26-25-38-27-28-44(32-42(38)31-41)53(45-29-30-47-46-23-13-14-24-50(46)54-51(47)35-45)52-48(39-19-9-3-10-20-39)33-43(37-17-7-2-8-18-37)34-49(52)40-21-11-4-12-22-40/h1-35H. The molecule has 0 saturated carbocycles. The molecule has 0 unspecified atom stereocenters. The van der Waals surface area contributed by atoms with E-state index in [2.05, 4.69) is 217 Å². The number of fused-ring (bicyclic) bond motifs is 4. The summed E-state index contributed by atoms with van der Waals surface area (Å²) >= 11 is 1.86. The summed E-state index contributed by atoms with van der Waals surface area (Å²) in [4.78, 5) is 2.50. The van der Waals surface area contributed by atoms with Crippen molar-refractivity contribution in [3.63, 3.8) is 0 Å². The molecule has 1 heterocycles. The minimum absolute atomic E-state index is 1.11. The fourth-order valence-corrected chi connectivity index (χ4v) is 8.93. The number of thiophene rings is 1. The summed E-state index contributed by atoms with van der Waals surface area (Å²) in [5.74, 6) is 0. The van der Waals surface area contributed by atoms with Crippen molar-refractivity contribution in [2.45, 2.75) is 0 Å². The Morgan fingerprint density at radius 1 is 0.296 bits per heavy atom. The number of benzene rings is 9. The Morgan fingerprint density at radius 3 is 1.44 bits per heavy atom. The van der Waals surface area contributed by atoms with Crippen LogP contribution in [0.2, 0.25) is 0 Å². The zero-order valence-electron chi connectivity index (χ0n) is 29.6. The van der Waals surface area contributed by atoms with Crippen LogP contribution in [0.1, 0.15) is 0 Å². The summed E-state index contributed by atoms with van der Waals surface area (Å²) in [6.45, 7) is 0. The molecule has 254 valence electrons. The van der Waals surface area contributed by atoms with Gasteiger partial charge in [-0.1, -0.05) is 164 Å². The van der Waals surface area contributed by atoms with Gasteiger partial charge in [-0.15, -0.1) is 11.3 Å². The van der Waals surface area contributed by atoms with Gasteiger partial charge in [-0.05, 0) is 92.7 Å². The fourth-order valence-electron chi connectivity index (χ4n) is 7.79. The minimum Gasteiger partial charge on any atom is -0.309 e. The third-order valence-corrected chi connectivity index (χ3v) is 11.6. The Balaban J connectivity index is 1.29. The van der Waals surface area contributed by atoms with Gasteiger partial charge in [-0.3, -0.25) is 0 Å². The Labute approximate surface area is 319 Å². The molecule has 0 aliphatic rings. The van der Waals surface area contributed by atoms with Crippen molar-refractivity contribution in [2.24, 2.45) is 0 Å². The van der Waals surface area contributed by atoms with Gasteiger partial charge in [0.05, 0.1) is 5.69 Å². The van der Waals surface area contributed by atoms with Crippen LogP contribution in [0, 0.1) is 0 Å². The molecular weight excluding hydrogens is 671 g/mol. The van der Waals surface area contributed by atoms with Crippen molar-refractivity contribution in [1.29, 1.82) is 0 Å². The quantitative estimate of drug-likeness (QED) is 0.160. The second-order valence-corrected chi connectivity index (χ2v) is 14.8. The molecule has 10 aromatic rings. The molecule has 2 heteroatoms. The summed E-state index contributed by atoms with van der Waals surface area (Å²) in [5, 5.41) is 5.00. The van der Waals surface area contributed by atoms with Crippen molar-refractivity contribution in [1.82, 2.24) is 0 Å². The molecule has 0 bridgehead atoms. The van der Waals surface area contributed by atoms with Crippen molar-refractivity contribution in [3.8, 4) is 44.5 Å². The predicted molar refractivity (Wildman–Crippen MR) is 233 cm³/mol. The zero-order chi connectivity index (χ0) is 35.8. The SMILES string of the molecule is c1ccc(-c2cc(-c3ccccc3)c(N(c3ccc4ccc(-c5ccccc5)cc4c3)c3ccc4c(c3)sc3ccccc34)c(-c3ccccc3)c2)cc1. The van der Waals surface area contributed by atoms with Crippen LogP contribution in [0.15, 0.2) is 212 Å². The Bertz CT molecular complexity index is 2850. The van der Waals surface area contributed by atoms with Crippen LogP contribution >= 0.6 is 11.3 Å². The number of anilines is 3. The molecule has 0 amide bonds. The van der Waals surface area contributed by atoms with Crippen LogP contribution in [0.25, 0.3) is 75.5 Å². The molecule has 0 aliphatic carbocycles. The van der Waals surface area contributed by atoms with E-state index in [9.17, 15) is 0 Å². The first kappa shape index (κ1) is 32.0. The smallest absolute Gasteiger partial charge is 0.0618 e. The fraction of sp³-hybridized carbons (Fsp3) is 0. The maximum atomic E-state index is 2.50. The monoisotopic (exact) mass is 705 g/mol. The lowest BCUT2D eigenvalue weighted by atomic mass is 9.89. The van der Waals surface area contributed by atoms with Crippen molar-refractivity contribution in [3.05, 3.63) is 212 Å². The van der Waals surface area contributed by atoms with E-state index in [-0.39, 0.29) is 0 Å². The van der Waals surface area contributed by atoms with E-state index >= 15 is 0 Å². The van der Waals surface area contributed by atoms with E-state index in [4.69, 9.17) is 0 Å².